The van der Waals surface area contributed by atoms with Gasteiger partial charge in [-0.25, -0.2) is 4.90 Å². The molecule has 0 radical (unpaired) electrons. The van der Waals surface area contributed by atoms with E-state index in [1.165, 1.54) is 16.7 Å². The smallest absolute Gasteiger partial charge is 0.305 e. The number of hydrogen-bond acceptors (Lipinski definition) is 8. The Kier molecular flexibility index (Phi) is 6.57. The first kappa shape index (κ1) is 24.5. The van der Waals surface area contributed by atoms with E-state index in [0.29, 0.717) is 40.5 Å². The van der Waals surface area contributed by atoms with Crippen LogP contribution in [0.3, 0.4) is 0 Å². The number of nitrogens with zero attached hydrogens (tertiary/aromatic N) is 1. The second kappa shape index (κ2) is 9.67. The van der Waals surface area contributed by atoms with Crippen LogP contribution in [0, 0.1) is 11.8 Å². The number of ether oxygens (including phenoxy) is 3. The fourth-order valence-electron chi connectivity index (χ4n) is 4.62. The number of amides is 2. The molecule has 2 unspecified atom stereocenters. The molecule has 1 aromatic heterocycles. The van der Waals surface area contributed by atoms with Gasteiger partial charge in [0.2, 0.25) is 11.8 Å². The summed E-state index contributed by atoms with van der Waals surface area (Å²) in [7, 11) is 3.13. The third kappa shape index (κ3) is 4.18. The maximum absolute atomic E-state index is 13.8. The second-order valence-electron chi connectivity index (χ2n) is 9.07. The molecule has 1 fully saturated rings. The average molecular weight is 527 g/mol. The molecule has 2 amide bonds. The Balaban J connectivity index is 1.57. The topological polar surface area (TPSA) is 97.9 Å². The molecular formula is C26H26N2O6S2. The van der Waals surface area contributed by atoms with Crippen LogP contribution in [0.4, 0.5) is 5.69 Å². The summed E-state index contributed by atoms with van der Waals surface area (Å²) >= 11 is 2.33. The molecular weight excluding hydrogens is 500 g/mol. The number of carbonyl (C=O) groups is 2. The van der Waals surface area contributed by atoms with Gasteiger partial charge in [0.1, 0.15) is 11.0 Å². The van der Waals surface area contributed by atoms with Crippen LogP contribution in [0.1, 0.15) is 30.2 Å². The first-order valence-electron chi connectivity index (χ1n) is 11.5. The number of H-pyrrole nitrogens is 1. The zero-order valence-electron chi connectivity index (χ0n) is 20.3. The zero-order valence-corrected chi connectivity index (χ0v) is 21.9. The van der Waals surface area contributed by atoms with E-state index in [2.05, 4.69) is 18.8 Å². The molecule has 0 saturated carbocycles. The standard InChI is InChI=1S/C26H26N2O6S2/c1-13(2)12-34-17-10-5-14(11-18(17)33-4)19-20-22(35-23-21(19)36-26(31)27-23)25(30)28(24(20)29)15-6-8-16(32-3)9-7-15/h5-11,13,19-20,22H,12H2,1-4H3,(H,27,31)/t19-,20?,22?/m1/s1. The molecule has 1 saturated heterocycles. The number of aromatic nitrogens is 1. The first-order chi connectivity index (χ1) is 17.3. The van der Waals surface area contributed by atoms with Crippen molar-refractivity contribution in [3.8, 4) is 17.2 Å². The van der Waals surface area contributed by atoms with E-state index in [-0.39, 0.29) is 16.7 Å². The predicted molar refractivity (Wildman–Crippen MR) is 139 cm³/mol. The molecule has 36 heavy (non-hydrogen) atoms. The van der Waals surface area contributed by atoms with Crippen molar-refractivity contribution in [2.45, 2.75) is 30.0 Å². The summed E-state index contributed by atoms with van der Waals surface area (Å²) < 4.78 is 16.7. The van der Waals surface area contributed by atoms with Crippen molar-refractivity contribution in [3.05, 3.63) is 62.6 Å². The SMILES string of the molecule is COc1ccc(N2C(=O)C3Sc4[nH]c(=O)sc4[C@H](c4ccc(OCC(C)C)c(OC)c4)C3C2=O)cc1. The molecule has 1 N–H and O–H groups in total. The highest BCUT2D eigenvalue weighted by atomic mass is 32.2. The number of thioether (sulfide) groups is 1. The quantitative estimate of drug-likeness (QED) is 0.459. The minimum Gasteiger partial charge on any atom is -0.497 e. The van der Waals surface area contributed by atoms with Gasteiger partial charge in [0.25, 0.3) is 0 Å². The number of aromatic amines is 1. The lowest BCUT2D eigenvalue weighted by Gasteiger charge is -2.30. The molecule has 3 atom stereocenters. The molecule has 2 aromatic carbocycles. The summed E-state index contributed by atoms with van der Waals surface area (Å²) in [5, 5.41) is -0.0294. The van der Waals surface area contributed by atoms with Crippen LogP contribution in [0.15, 0.2) is 52.3 Å². The summed E-state index contributed by atoms with van der Waals surface area (Å²) in [4.78, 5) is 44.3. The Morgan fingerprint density at radius 2 is 1.72 bits per heavy atom. The Hall–Kier alpha value is -3.24. The fourth-order valence-corrected chi connectivity index (χ4v) is 7.13. The molecule has 5 rings (SSSR count). The van der Waals surface area contributed by atoms with Crippen LogP contribution in [-0.4, -0.2) is 42.9 Å². The number of imide groups is 1. The monoisotopic (exact) mass is 526 g/mol. The second-order valence-corrected chi connectivity index (χ2v) is 11.2. The van der Waals surface area contributed by atoms with Gasteiger partial charge in [0.05, 0.1) is 37.5 Å². The Labute approximate surface area is 216 Å². The van der Waals surface area contributed by atoms with Crippen molar-refractivity contribution >= 4 is 40.6 Å². The molecule has 3 heterocycles. The van der Waals surface area contributed by atoms with Gasteiger partial charge in [-0.3, -0.25) is 14.4 Å². The molecule has 0 spiro atoms. The Morgan fingerprint density at radius 3 is 2.39 bits per heavy atom. The van der Waals surface area contributed by atoms with E-state index in [9.17, 15) is 14.4 Å². The van der Waals surface area contributed by atoms with Crippen LogP contribution in [-0.2, 0) is 9.59 Å². The minimum absolute atomic E-state index is 0.215. The molecule has 3 aromatic rings. The predicted octanol–water partition coefficient (Wildman–Crippen LogP) is 4.28. The van der Waals surface area contributed by atoms with E-state index in [1.807, 2.05) is 18.2 Å². The molecule has 0 aliphatic carbocycles. The third-order valence-electron chi connectivity index (χ3n) is 6.27. The fraction of sp³-hybridized carbons (Fsp3) is 0.346. The van der Waals surface area contributed by atoms with Crippen LogP contribution in [0.5, 0.6) is 17.2 Å². The maximum Gasteiger partial charge on any atom is 0.305 e. The molecule has 8 nitrogen and oxygen atoms in total. The van der Waals surface area contributed by atoms with Crippen molar-refractivity contribution in [1.29, 1.82) is 0 Å². The van der Waals surface area contributed by atoms with E-state index in [4.69, 9.17) is 14.2 Å². The summed E-state index contributed by atoms with van der Waals surface area (Å²) in [6, 6.07) is 12.4. The summed E-state index contributed by atoms with van der Waals surface area (Å²) in [5.41, 5.74) is 1.28. The van der Waals surface area contributed by atoms with E-state index in [1.54, 1.807) is 38.5 Å². The van der Waals surface area contributed by atoms with Gasteiger partial charge in [0.15, 0.2) is 11.5 Å². The number of benzene rings is 2. The number of rotatable bonds is 7. The van der Waals surface area contributed by atoms with Crippen LogP contribution in [0.2, 0.25) is 0 Å². The highest BCUT2D eigenvalue weighted by molar-refractivity contribution is 8.00. The highest BCUT2D eigenvalue weighted by Gasteiger charge is 2.56. The summed E-state index contributed by atoms with van der Waals surface area (Å²) in [6.45, 7) is 4.66. The third-order valence-corrected chi connectivity index (χ3v) is 8.67. The largest absolute Gasteiger partial charge is 0.497 e. The van der Waals surface area contributed by atoms with Gasteiger partial charge in [-0.1, -0.05) is 43.0 Å². The number of anilines is 1. The number of carbonyl (C=O) groups excluding carboxylic acids is 2. The van der Waals surface area contributed by atoms with E-state index < -0.39 is 17.1 Å². The maximum atomic E-state index is 13.8. The first-order valence-corrected chi connectivity index (χ1v) is 13.2. The van der Waals surface area contributed by atoms with Crippen molar-refractivity contribution in [2.24, 2.45) is 11.8 Å². The van der Waals surface area contributed by atoms with Gasteiger partial charge in [-0.15, -0.1) is 0 Å². The van der Waals surface area contributed by atoms with Gasteiger partial charge in [-0.2, -0.15) is 0 Å². The molecule has 0 bridgehead atoms. The number of nitrogens with one attached hydrogen (secondary N) is 1. The van der Waals surface area contributed by atoms with Gasteiger partial charge < -0.3 is 19.2 Å². The minimum atomic E-state index is -0.671. The normalized spacial score (nSPS) is 20.9. The molecule has 2 aliphatic heterocycles. The van der Waals surface area contributed by atoms with Crippen molar-refractivity contribution in [2.75, 3.05) is 25.7 Å². The molecule has 10 heteroatoms. The summed E-state index contributed by atoms with van der Waals surface area (Å²) in [5.74, 6) is 0.373. The van der Waals surface area contributed by atoms with Crippen molar-refractivity contribution < 1.29 is 23.8 Å². The Bertz CT molecular complexity index is 1360. The van der Waals surface area contributed by atoms with Crippen LogP contribution in [0.25, 0.3) is 0 Å². The van der Waals surface area contributed by atoms with Gasteiger partial charge in [0, 0.05) is 10.8 Å². The van der Waals surface area contributed by atoms with E-state index >= 15 is 0 Å². The van der Waals surface area contributed by atoms with Crippen LogP contribution >= 0.6 is 23.1 Å². The molecule has 2 aliphatic rings. The van der Waals surface area contributed by atoms with E-state index in [0.717, 1.165) is 21.8 Å². The van der Waals surface area contributed by atoms with Crippen molar-refractivity contribution in [1.82, 2.24) is 4.98 Å². The lowest BCUT2D eigenvalue weighted by molar-refractivity contribution is -0.122. The average Bonchev–Trinajstić information content (AvgIpc) is 3.37. The van der Waals surface area contributed by atoms with Gasteiger partial charge >= 0.3 is 4.87 Å². The lowest BCUT2D eigenvalue weighted by Crippen LogP contribution is -2.32. The van der Waals surface area contributed by atoms with Crippen molar-refractivity contribution in [3.63, 3.8) is 0 Å². The highest BCUT2D eigenvalue weighted by Crippen LogP contribution is 2.53. The molecule has 188 valence electrons. The van der Waals surface area contributed by atoms with Gasteiger partial charge in [-0.05, 0) is 47.9 Å². The lowest BCUT2D eigenvalue weighted by atomic mass is 9.83. The summed E-state index contributed by atoms with van der Waals surface area (Å²) in [6.07, 6.45) is 0. The zero-order chi connectivity index (χ0) is 25.6. The number of fused-ring (bicyclic) bond motifs is 2. The van der Waals surface area contributed by atoms with Crippen LogP contribution < -0.4 is 24.0 Å². The number of hydrogen-bond donors (Lipinski definition) is 1. The Morgan fingerprint density at radius 1 is 0.972 bits per heavy atom. The number of thiazole rings is 1. The number of methoxy groups -OCH3 is 2.